The van der Waals surface area contributed by atoms with Crippen LogP contribution in [0, 0.1) is 6.92 Å². The number of halogens is 1. The van der Waals surface area contributed by atoms with Gasteiger partial charge in [0.15, 0.2) is 6.04 Å². The molecule has 0 saturated carbocycles. The first-order valence-corrected chi connectivity index (χ1v) is 9.38. The number of aryl methyl sites for hydroxylation is 1. The van der Waals surface area contributed by atoms with Crippen LogP contribution in [-0.2, 0) is 16.1 Å². The van der Waals surface area contributed by atoms with Gasteiger partial charge in [0, 0.05) is 10.7 Å². The van der Waals surface area contributed by atoms with Gasteiger partial charge in [0.2, 0.25) is 0 Å². The first kappa shape index (κ1) is 20.4. The first-order chi connectivity index (χ1) is 14.0. The zero-order chi connectivity index (χ0) is 20.8. The number of rotatable bonds is 6. The second-order valence-corrected chi connectivity index (χ2v) is 6.98. The van der Waals surface area contributed by atoms with Crippen molar-refractivity contribution in [2.75, 3.05) is 4.90 Å². The number of amides is 1. The molecule has 0 aliphatic carbocycles. The van der Waals surface area contributed by atoms with Gasteiger partial charge >= 0.3 is 12.1 Å². The molecule has 0 saturated heterocycles. The van der Waals surface area contributed by atoms with Crippen molar-refractivity contribution in [3.05, 3.63) is 101 Å². The molecule has 3 rings (SSSR count). The number of carbonyl (C=O) groups excluding carboxylic acids is 1. The number of nitrogens with zero attached hydrogens (tertiary/aromatic N) is 1. The summed E-state index contributed by atoms with van der Waals surface area (Å²) in [5, 5.41) is 10.4. The number of hydrogen-bond donors (Lipinski definition) is 1. The van der Waals surface area contributed by atoms with Crippen molar-refractivity contribution in [2.24, 2.45) is 0 Å². The normalized spacial score (nSPS) is 11.5. The summed E-state index contributed by atoms with van der Waals surface area (Å²) in [6.07, 6.45) is -0.748. The lowest BCUT2D eigenvalue weighted by atomic mass is 10.0. The summed E-state index contributed by atoms with van der Waals surface area (Å²) in [7, 11) is 0. The smallest absolute Gasteiger partial charge is 0.415 e. The Morgan fingerprint density at radius 3 is 2.31 bits per heavy atom. The summed E-state index contributed by atoms with van der Waals surface area (Å²) >= 11 is 5.94. The lowest BCUT2D eigenvalue weighted by Gasteiger charge is -2.29. The molecule has 0 heterocycles. The third-order valence-electron chi connectivity index (χ3n) is 4.36. The van der Waals surface area contributed by atoms with Crippen LogP contribution in [0.15, 0.2) is 78.9 Å². The largest absolute Gasteiger partial charge is 0.479 e. The molecule has 0 aromatic heterocycles. The van der Waals surface area contributed by atoms with E-state index in [-0.39, 0.29) is 6.61 Å². The van der Waals surface area contributed by atoms with E-state index < -0.39 is 18.1 Å². The van der Waals surface area contributed by atoms with Crippen LogP contribution in [-0.4, -0.2) is 17.2 Å². The molecular weight excluding hydrogens is 390 g/mol. The number of aliphatic carboxylic acids is 1. The highest BCUT2D eigenvalue weighted by Gasteiger charge is 2.34. The van der Waals surface area contributed by atoms with Crippen LogP contribution >= 0.6 is 11.6 Å². The molecule has 0 radical (unpaired) electrons. The molecule has 148 valence electrons. The molecule has 29 heavy (non-hydrogen) atoms. The van der Waals surface area contributed by atoms with Gasteiger partial charge in [-0.2, -0.15) is 0 Å². The van der Waals surface area contributed by atoms with Crippen LogP contribution in [0.2, 0.25) is 5.02 Å². The number of carbonyl (C=O) groups is 2. The Morgan fingerprint density at radius 1 is 1.00 bits per heavy atom. The number of carboxylic acid groups (broad SMARTS) is 1. The van der Waals surface area contributed by atoms with E-state index in [1.165, 1.54) is 0 Å². The molecule has 1 N–H and O–H groups in total. The van der Waals surface area contributed by atoms with Gasteiger partial charge in [0.05, 0.1) is 0 Å². The maximum absolute atomic E-state index is 13.0. The summed E-state index contributed by atoms with van der Waals surface area (Å²) in [5.74, 6) is -1.18. The number of benzene rings is 3. The van der Waals surface area contributed by atoms with Gasteiger partial charge in [-0.05, 0) is 47.9 Å². The highest BCUT2D eigenvalue weighted by molar-refractivity contribution is 6.30. The van der Waals surface area contributed by atoms with Gasteiger partial charge < -0.3 is 9.84 Å². The Bertz CT molecular complexity index is 989. The molecule has 5 nitrogen and oxygen atoms in total. The molecule has 6 heteroatoms. The van der Waals surface area contributed by atoms with Crippen LogP contribution in [0.25, 0.3) is 0 Å². The minimum atomic E-state index is -1.27. The van der Waals surface area contributed by atoms with E-state index in [2.05, 4.69) is 0 Å². The monoisotopic (exact) mass is 409 g/mol. The van der Waals surface area contributed by atoms with Crippen LogP contribution in [0.5, 0.6) is 0 Å². The van der Waals surface area contributed by atoms with Gasteiger partial charge in [-0.1, -0.05) is 66.2 Å². The average Bonchev–Trinajstić information content (AvgIpc) is 2.71. The number of hydrogen-bond acceptors (Lipinski definition) is 3. The topological polar surface area (TPSA) is 66.8 Å². The van der Waals surface area contributed by atoms with E-state index in [4.69, 9.17) is 16.3 Å². The van der Waals surface area contributed by atoms with Crippen molar-refractivity contribution in [1.29, 1.82) is 0 Å². The van der Waals surface area contributed by atoms with Crippen molar-refractivity contribution in [2.45, 2.75) is 19.6 Å². The lowest BCUT2D eigenvalue weighted by molar-refractivity contribution is -0.138. The van der Waals surface area contributed by atoms with E-state index in [1.807, 2.05) is 43.3 Å². The van der Waals surface area contributed by atoms with Gasteiger partial charge in [-0.15, -0.1) is 0 Å². The molecule has 1 unspecified atom stereocenters. The molecular formula is C23H20ClNO4. The van der Waals surface area contributed by atoms with Crippen molar-refractivity contribution < 1.29 is 19.4 Å². The second-order valence-electron chi connectivity index (χ2n) is 6.54. The lowest BCUT2D eigenvalue weighted by Crippen LogP contribution is -2.39. The fourth-order valence-electron chi connectivity index (χ4n) is 2.97. The fourth-order valence-corrected chi connectivity index (χ4v) is 3.10. The Hall–Kier alpha value is -3.31. The Labute approximate surface area is 174 Å². The first-order valence-electron chi connectivity index (χ1n) is 9.00. The zero-order valence-electron chi connectivity index (χ0n) is 15.8. The fraction of sp³-hybridized carbons (Fsp3) is 0.130. The Morgan fingerprint density at radius 2 is 1.69 bits per heavy atom. The molecule has 3 aromatic carbocycles. The minimum absolute atomic E-state index is 0.0367. The van der Waals surface area contributed by atoms with Gasteiger partial charge in [-0.3, -0.25) is 4.90 Å². The van der Waals surface area contributed by atoms with Crippen LogP contribution < -0.4 is 4.90 Å². The van der Waals surface area contributed by atoms with E-state index in [1.54, 1.807) is 42.5 Å². The van der Waals surface area contributed by atoms with E-state index >= 15 is 0 Å². The third-order valence-corrected chi connectivity index (χ3v) is 4.61. The number of ether oxygens (including phenoxy) is 1. The molecule has 0 bridgehead atoms. The number of carboxylic acids is 1. The molecule has 3 aromatic rings. The Balaban J connectivity index is 1.97. The van der Waals surface area contributed by atoms with Crippen molar-refractivity contribution in [1.82, 2.24) is 0 Å². The predicted molar refractivity (Wildman–Crippen MR) is 112 cm³/mol. The Kier molecular flexibility index (Phi) is 6.52. The third kappa shape index (κ3) is 5.15. The summed E-state index contributed by atoms with van der Waals surface area (Å²) in [5.41, 5.74) is 2.55. The van der Waals surface area contributed by atoms with Gasteiger partial charge in [-0.25, -0.2) is 9.59 Å². The molecule has 0 aliphatic rings. The van der Waals surface area contributed by atoms with Gasteiger partial charge in [0.1, 0.15) is 6.61 Å². The maximum Gasteiger partial charge on any atom is 0.415 e. The van der Waals surface area contributed by atoms with Crippen LogP contribution in [0.4, 0.5) is 10.5 Å². The SMILES string of the molecule is Cc1cccc(N(C(=O)OCc2ccccc2)C(C(=O)O)c2ccc(Cl)cc2)c1. The molecule has 0 aliphatic heterocycles. The van der Waals surface area contributed by atoms with E-state index in [0.29, 0.717) is 16.3 Å². The zero-order valence-corrected chi connectivity index (χ0v) is 16.5. The summed E-state index contributed by atoms with van der Waals surface area (Å²) in [4.78, 5) is 26.4. The average molecular weight is 410 g/mol. The van der Waals surface area contributed by atoms with E-state index in [9.17, 15) is 14.7 Å². The summed E-state index contributed by atoms with van der Waals surface area (Å²) < 4.78 is 5.46. The van der Waals surface area contributed by atoms with Crippen LogP contribution in [0.1, 0.15) is 22.7 Å². The highest BCUT2D eigenvalue weighted by Crippen LogP contribution is 2.30. The predicted octanol–water partition coefficient (Wildman–Crippen LogP) is 5.62. The quantitative estimate of drug-likeness (QED) is 0.574. The van der Waals surface area contributed by atoms with Crippen molar-refractivity contribution in [3.63, 3.8) is 0 Å². The standard InChI is InChI=1S/C23H20ClNO4/c1-16-6-5-9-20(14-16)25(23(28)29-15-17-7-3-2-4-8-17)21(22(26)27)18-10-12-19(24)13-11-18/h2-14,21H,15H2,1H3,(H,26,27). The van der Waals surface area contributed by atoms with Gasteiger partial charge in [0.25, 0.3) is 0 Å². The minimum Gasteiger partial charge on any atom is -0.479 e. The van der Waals surface area contributed by atoms with E-state index in [0.717, 1.165) is 16.0 Å². The van der Waals surface area contributed by atoms with Crippen molar-refractivity contribution in [3.8, 4) is 0 Å². The summed E-state index contributed by atoms with van der Waals surface area (Å²) in [6, 6.07) is 21.4. The number of anilines is 1. The maximum atomic E-state index is 13.0. The second kappa shape index (κ2) is 9.26. The molecule has 0 fully saturated rings. The molecule has 1 amide bonds. The molecule has 0 spiro atoms. The molecule has 1 atom stereocenters. The highest BCUT2D eigenvalue weighted by atomic mass is 35.5. The summed E-state index contributed by atoms with van der Waals surface area (Å²) in [6.45, 7) is 1.91. The van der Waals surface area contributed by atoms with Crippen molar-refractivity contribution >= 4 is 29.4 Å². The van der Waals surface area contributed by atoms with Crippen LogP contribution in [0.3, 0.4) is 0 Å².